The van der Waals surface area contributed by atoms with Crippen LogP contribution in [0.2, 0.25) is 0 Å². The van der Waals surface area contributed by atoms with Gasteiger partial charge in [-0.2, -0.15) is 5.26 Å². The van der Waals surface area contributed by atoms with Crippen LogP contribution in [-0.2, 0) is 4.79 Å². The molecule has 0 unspecified atom stereocenters. The Kier molecular flexibility index (Phi) is 6.15. The van der Waals surface area contributed by atoms with E-state index in [-0.39, 0.29) is 31.4 Å². The molecule has 0 atom stereocenters. The highest BCUT2D eigenvalue weighted by Crippen LogP contribution is 2.17. The van der Waals surface area contributed by atoms with E-state index in [1.165, 1.54) is 17.0 Å². The van der Waals surface area contributed by atoms with Crippen LogP contribution in [0.5, 0.6) is 11.5 Å². The fraction of sp³-hybridized carbons (Fsp3) is 0.222. The van der Waals surface area contributed by atoms with Gasteiger partial charge in [0.15, 0.2) is 18.2 Å². The minimum Gasteiger partial charge on any atom is -0.489 e. The summed E-state index contributed by atoms with van der Waals surface area (Å²) in [4.78, 5) is 13.4. The molecule has 0 aliphatic carbocycles. The number of carbonyl (C=O) groups excluding carboxylic acids is 1. The predicted octanol–water partition coefficient (Wildman–Crippen LogP) is 2.61. The van der Waals surface area contributed by atoms with Crippen molar-refractivity contribution in [2.24, 2.45) is 0 Å². The number of nitriles is 1. The maximum atomic E-state index is 13.4. The van der Waals surface area contributed by atoms with Gasteiger partial charge in [0, 0.05) is 7.05 Å². The van der Waals surface area contributed by atoms with E-state index in [1.807, 2.05) is 6.07 Å². The monoisotopic (exact) mass is 328 g/mol. The maximum absolute atomic E-state index is 13.4. The van der Waals surface area contributed by atoms with Gasteiger partial charge in [0.2, 0.25) is 0 Å². The van der Waals surface area contributed by atoms with Crippen LogP contribution in [0, 0.1) is 17.1 Å². The molecule has 2 rings (SSSR count). The number of amides is 1. The van der Waals surface area contributed by atoms with E-state index in [1.54, 1.807) is 43.4 Å². The molecule has 2 aromatic rings. The summed E-state index contributed by atoms with van der Waals surface area (Å²) in [7, 11) is 1.60. The van der Waals surface area contributed by atoms with Crippen LogP contribution in [0.25, 0.3) is 0 Å². The quantitative estimate of drug-likeness (QED) is 0.784. The van der Waals surface area contributed by atoms with Crippen LogP contribution >= 0.6 is 0 Å². The number of halogens is 1. The number of para-hydroxylation sites is 2. The summed E-state index contributed by atoms with van der Waals surface area (Å²) in [5.41, 5.74) is 0.371. The highest BCUT2D eigenvalue weighted by atomic mass is 19.1. The van der Waals surface area contributed by atoms with E-state index in [0.29, 0.717) is 11.3 Å². The van der Waals surface area contributed by atoms with Crippen molar-refractivity contribution in [2.45, 2.75) is 0 Å². The molecule has 0 saturated heterocycles. The molecular weight excluding hydrogens is 311 g/mol. The van der Waals surface area contributed by atoms with Crippen molar-refractivity contribution in [1.29, 1.82) is 5.26 Å². The average molecular weight is 328 g/mol. The van der Waals surface area contributed by atoms with E-state index >= 15 is 0 Å². The van der Waals surface area contributed by atoms with Gasteiger partial charge in [0.25, 0.3) is 5.91 Å². The zero-order valence-electron chi connectivity index (χ0n) is 13.2. The molecule has 2 aromatic carbocycles. The second-order valence-electron chi connectivity index (χ2n) is 4.99. The first-order chi connectivity index (χ1) is 11.6. The number of nitrogens with zero attached hydrogens (tertiary/aromatic N) is 2. The molecule has 0 heterocycles. The molecule has 0 aliphatic rings. The predicted molar refractivity (Wildman–Crippen MR) is 86.2 cm³/mol. The van der Waals surface area contributed by atoms with Crippen molar-refractivity contribution in [2.75, 3.05) is 26.8 Å². The Hall–Kier alpha value is -3.07. The Labute approximate surface area is 139 Å². The molecule has 0 saturated carbocycles. The molecule has 124 valence electrons. The average Bonchev–Trinajstić information content (AvgIpc) is 2.61. The van der Waals surface area contributed by atoms with Gasteiger partial charge in [0.05, 0.1) is 12.1 Å². The van der Waals surface area contributed by atoms with Crippen LogP contribution in [0.4, 0.5) is 4.39 Å². The number of likely N-dealkylation sites (N-methyl/N-ethyl adjacent to an activating group) is 1. The lowest BCUT2D eigenvalue weighted by Crippen LogP contribution is -2.34. The maximum Gasteiger partial charge on any atom is 0.260 e. The number of ether oxygens (including phenoxy) is 2. The molecule has 0 aliphatic heterocycles. The van der Waals surface area contributed by atoms with Gasteiger partial charge in [-0.15, -0.1) is 0 Å². The zero-order chi connectivity index (χ0) is 17.4. The number of carbonyl (C=O) groups is 1. The van der Waals surface area contributed by atoms with Crippen LogP contribution in [0.3, 0.4) is 0 Å². The van der Waals surface area contributed by atoms with Gasteiger partial charge < -0.3 is 14.4 Å². The van der Waals surface area contributed by atoms with Crippen molar-refractivity contribution >= 4 is 5.91 Å². The summed E-state index contributed by atoms with van der Waals surface area (Å²) >= 11 is 0. The standard InChI is InChI=1S/C18H17FN2O3/c1-21(10-11-23-17-9-5-3-7-15(17)19)18(22)13-24-16-8-4-2-6-14(16)12-20/h2-9H,10-11,13H2,1H3. The Morgan fingerprint density at radius 3 is 2.50 bits per heavy atom. The smallest absolute Gasteiger partial charge is 0.260 e. The summed E-state index contributed by atoms with van der Waals surface area (Å²) < 4.78 is 24.1. The van der Waals surface area contributed by atoms with E-state index in [0.717, 1.165) is 0 Å². The first kappa shape index (κ1) is 17.3. The van der Waals surface area contributed by atoms with Gasteiger partial charge in [0.1, 0.15) is 18.4 Å². The fourth-order valence-electron chi connectivity index (χ4n) is 1.91. The molecule has 0 aromatic heterocycles. The second kappa shape index (κ2) is 8.53. The third kappa shape index (κ3) is 4.71. The van der Waals surface area contributed by atoms with Crippen molar-refractivity contribution in [3.8, 4) is 17.6 Å². The van der Waals surface area contributed by atoms with Crippen LogP contribution < -0.4 is 9.47 Å². The largest absolute Gasteiger partial charge is 0.489 e. The van der Waals surface area contributed by atoms with E-state index in [4.69, 9.17) is 14.7 Å². The summed E-state index contributed by atoms with van der Waals surface area (Å²) in [6.45, 7) is 0.267. The summed E-state index contributed by atoms with van der Waals surface area (Å²) in [6, 6.07) is 14.8. The highest BCUT2D eigenvalue weighted by molar-refractivity contribution is 5.77. The van der Waals surface area contributed by atoms with E-state index < -0.39 is 5.82 Å². The molecule has 5 nitrogen and oxygen atoms in total. The number of rotatable bonds is 7. The lowest BCUT2D eigenvalue weighted by atomic mass is 10.2. The Bertz CT molecular complexity index is 743. The second-order valence-corrected chi connectivity index (χ2v) is 4.99. The van der Waals surface area contributed by atoms with E-state index in [9.17, 15) is 9.18 Å². The third-order valence-electron chi connectivity index (χ3n) is 3.31. The lowest BCUT2D eigenvalue weighted by molar-refractivity contribution is -0.132. The SMILES string of the molecule is CN(CCOc1ccccc1F)C(=O)COc1ccccc1C#N. The topological polar surface area (TPSA) is 62.6 Å². The first-order valence-corrected chi connectivity index (χ1v) is 7.35. The number of hydrogen-bond acceptors (Lipinski definition) is 4. The Morgan fingerprint density at radius 1 is 1.12 bits per heavy atom. The summed E-state index contributed by atoms with van der Waals surface area (Å²) in [6.07, 6.45) is 0. The molecular formula is C18H17FN2O3. The molecule has 0 spiro atoms. The molecule has 0 N–H and O–H groups in total. The van der Waals surface area contributed by atoms with Gasteiger partial charge >= 0.3 is 0 Å². The number of benzene rings is 2. The van der Waals surface area contributed by atoms with Crippen molar-refractivity contribution < 1.29 is 18.7 Å². The molecule has 6 heteroatoms. The minimum atomic E-state index is -0.442. The molecule has 0 radical (unpaired) electrons. The third-order valence-corrected chi connectivity index (χ3v) is 3.31. The van der Waals surface area contributed by atoms with Gasteiger partial charge in [-0.3, -0.25) is 4.79 Å². The lowest BCUT2D eigenvalue weighted by Gasteiger charge is -2.18. The van der Waals surface area contributed by atoms with Gasteiger partial charge in [-0.1, -0.05) is 24.3 Å². The van der Waals surface area contributed by atoms with Crippen molar-refractivity contribution in [3.05, 3.63) is 59.9 Å². The highest BCUT2D eigenvalue weighted by Gasteiger charge is 2.11. The number of hydrogen-bond donors (Lipinski definition) is 0. The van der Waals surface area contributed by atoms with Crippen LogP contribution in [0.15, 0.2) is 48.5 Å². The molecule has 1 amide bonds. The van der Waals surface area contributed by atoms with Gasteiger partial charge in [-0.25, -0.2) is 4.39 Å². The van der Waals surface area contributed by atoms with Crippen molar-refractivity contribution in [1.82, 2.24) is 4.90 Å². The van der Waals surface area contributed by atoms with Crippen LogP contribution in [-0.4, -0.2) is 37.6 Å². The van der Waals surface area contributed by atoms with Gasteiger partial charge in [-0.05, 0) is 24.3 Å². The van der Waals surface area contributed by atoms with Crippen LogP contribution in [0.1, 0.15) is 5.56 Å². The zero-order valence-corrected chi connectivity index (χ0v) is 13.2. The fourth-order valence-corrected chi connectivity index (χ4v) is 1.91. The minimum absolute atomic E-state index is 0.151. The van der Waals surface area contributed by atoms with E-state index in [2.05, 4.69) is 0 Å². The first-order valence-electron chi connectivity index (χ1n) is 7.35. The normalized spacial score (nSPS) is 9.88. The molecule has 0 fully saturated rings. The van der Waals surface area contributed by atoms with Crippen molar-refractivity contribution in [3.63, 3.8) is 0 Å². The summed E-state index contributed by atoms with van der Waals surface area (Å²) in [5, 5.41) is 8.97. The Morgan fingerprint density at radius 2 is 1.79 bits per heavy atom. The molecule has 24 heavy (non-hydrogen) atoms. The molecule has 0 bridgehead atoms. The summed E-state index contributed by atoms with van der Waals surface area (Å²) in [5.74, 6) is -0.190. The Balaban J connectivity index is 1.78.